The summed E-state index contributed by atoms with van der Waals surface area (Å²) < 4.78 is 10.4. The van der Waals surface area contributed by atoms with Gasteiger partial charge in [-0.15, -0.1) is 0 Å². The van der Waals surface area contributed by atoms with Gasteiger partial charge in [-0.2, -0.15) is 0 Å². The molecule has 16 heavy (non-hydrogen) atoms. The Morgan fingerprint density at radius 2 is 1.81 bits per heavy atom. The van der Waals surface area contributed by atoms with E-state index in [0.29, 0.717) is 13.0 Å². The largest absolute Gasteiger partial charge is 0.465 e. The van der Waals surface area contributed by atoms with Crippen LogP contribution in [0.5, 0.6) is 0 Å². The Hall–Kier alpha value is -0.570. The van der Waals surface area contributed by atoms with Crippen LogP contribution < -0.4 is 0 Å². The molecule has 0 rings (SSSR count). The summed E-state index contributed by atoms with van der Waals surface area (Å²) in [6, 6.07) is 0. The summed E-state index contributed by atoms with van der Waals surface area (Å²) in [4.78, 5) is 11.3. The third-order valence-electron chi connectivity index (χ3n) is 2.04. The summed E-state index contributed by atoms with van der Waals surface area (Å²) in [5.41, 5.74) is 0.0601. The van der Waals surface area contributed by atoms with Crippen molar-refractivity contribution >= 4 is 5.97 Å². The minimum absolute atomic E-state index is 0.0601. The summed E-state index contributed by atoms with van der Waals surface area (Å²) >= 11 is 0. The van der Waals surface area contributed by atoms with E-state index >= 15 is 0 Å². The topological polar surface area (TPSA) is 35.5 Å². The molecule has 0 aliphatic carbocycles. The number of hydrogen-bond acceptors (Lipinski definition) is 3. The molecule has 0 radical (unpaired) electrons. The van der Waals surface area contributed by atoms with Crippen molar-refractivity contribution in [2.24, 2.45) is 5.41 Å². The van der Waals surface area contributed by atoms with E-state index in [-0.39, 0.29) is 11.4 Å². The van der Waals surface area contributed by atoms with Crippen LogP contribution in [0.1, 0.15) is 53.4 Å². The van der Waals surface area contributed by atoms with E-state index in [0.717, 1.165) is 32.5 Å². The maximum absolute atomic E-state index is 11.3. The number of unbranched alkanes of at least 4 members (excludes halogenated alkanes) is 2. The van der Waals surface area contributed by atoms with Gasteiger partial charge in [0.05, 0.1) is 6.61 Å². The molecular weight excluding hydrogens is 204 g/mol. The Morgan fingerprint density at radius 1 is 1.12 bits per heavy atom. The standard InChI is InChI=1S/C13H26O3/c1-5-15-10-8-6-7-9-12(14)16-11-13(2,3)4/h5-11H2,1-4H3. The molecule has 0 aliphatic rings. The molecule has 0 amide bonds. The van der Waals surface area contributed by atoms with Crippen molar-refractivity contribution in [3.8, 4) is 0 Å². The smallest absolute Gasteiger partial charge is 0.305 e. The molecule has 3 nitrogen and oxygen atoms in total. The predicted molar refractivity (Wildman–Crippen MR) is 65.4 cm³/mol. The molecular formula is C13H26O3. The van der Waals surface area contributed by atoms with Crippen LogP contribution >= 0.6 is 0 Å². The molecule has 0 unspecified atom stereocenters. The number of carbonyl (C=O) groups excluding carboxylic acids is 1. The van der Waals surface area contributed by atoms with Gasteiger partial charge in [-0.3, -0.25) is 4.79 Å². The van der Waals surface area contributed by atoms with Crippen molar-refractivity contribution < 1.29 is 14.3 Å². The van der Waals surface area contributed by atoms with Crippen LogP contribution in [0.3, 0.4) is 0 Å². The van der Waals surface area contributed by atoms with Crippen molar-refractivity contribution in [1.29, 1.82) is 0 Å². The minimum Gasteiger partial charge on any atom is -0.465 e. The Kier molecular flexibility index (Phi) is 8.26. The number of rotatable bonds is 8. The lowest BCUT2D eigenvalue weighted by Crippen LogP contribution is -2.18. The van der Waals surface area contributed by atoms with Crippen molar-refractivity contribution in [3.05, 3.63) is 0 Å². The quantitative estimate of drug-likeness (QED) is 0.474. The highest BCUT2D eigenvalue weighted by molar-refractivity contribution is 5.69. The summed E-state index contributed by atoms with van der Waals surface area (Å²) in [5.74, 6) is -0.0775. The number of hydrogen-bond donors (Lipinski definition) is 0. The Bertz CT molecular complexity index is 182. The zero-order chi connectivity index (χ0) is 12.4. The van der Waals surface area contributed by atoms with E-state index in [9.17, 15) is 4.79 Å². The van der Waals surface area contributed by atoms with Gasteiger partial charge in [-0.05, 0) is 25.2 Å². The summed E-state index contributed by atoms with van der Waals surface area (Å²) in [6.45, 7) is 10.2. The molecule has 3 heteroatoms. The molecule has 0 saturated heterocycles. The molecule has 0 aromatic carbocycles. The van der Waals surface area contributed by atoms with Crippen LogP contribution in [-0.2, 0) is 14.3 Å². The fourth-order valence-electron chi connectivity index (χ4n) is 1.16. The van der Waals surface area contributed by atoms with E-state index in [1.807, 2.05) is 6.92 Å². The SMILES string of the molecule is CCOCCCCCC(=O)OCC(C)(C)C. The molecule has 0 aromatic rings. The Morgan fingerprint density at radius 3 is 2.38 bits per heavy atom. The second-order valence-electron chi connectivity index (χ2n) is 5.23. The zero-order valence-corrected chi connectivity index (χ0v) is 11.2. The fourth-order valence-corrected chi connectivity index (χ4v) is 1.16. The molecule has 0 saturated carbocycles. The van der Waals surface area contributed by atoms with Gasteiger partial charge in [0.15, 0.2) is 0 Å². The molecule has 0 aromatic heterocycles. The van der Waals surface area contributed by atoms with Gasteiger partial charge in [0.2, 0.25) is 0 Å². The third-order valence-corrected chi connectivity index (χ3v) is 2.04. The molecule has 0 aliphatic heterocycles. The first-order chi connectivity index (χ1) is 7.45. The van der Waals surface area contributed by atoms with Crippen LogP contribution in [0, 0.1) is 5.41 Å². The number of carbonyl (C=O) groups is 1. The molecule has 0 bridgehead atoms. The predicted octanol–water partition coefficient (Wildman–Crippen LogP) is 3.17. The van der Waals surface area contributed by atoms with Crippen LogP contribution in [0.2, 0.25) is 0 Å². The molecule has 0 atom stereocenters. The van der Waals surface area contributed by atoms with E-state index in [1.165, 1.54) is 0 Å². The van der Waals surface area contributed by atoms with Gasteiger partial charge < -0.3 is 9.47 Å². The van der Waals surface area contributed by atoms with Crippen molar-refractivity contribution in [2.45, 2.75) is 53.4 Å². The molecule has 0 spiro atoms. The summed E-state index contributed by atoms with van der Waals surface area (Å²) in [6.07, 6.45) is 3.49. The van der Waals surface area contributed by atoms with Gasteiger partial charge in [0.25, 0.3) is 0 Å². The van der Waals surface area contributed by atoms with Crippen molar-refractivity contribution in [1.82, 2.24) is 0 Å². The molecule has 0 fully saturated rings. The van der Waals surface area contributed by atoms with Crippen LogP contribution in [-0.4, -0.2) is 25.8 Å². The van der Waals surface area contributed by atoms with Crippen LogP contribution in [0.25, 0.3) is 0 Å². The van der Waals surface area contributed by atoms with Crippen LogP contribution in [0.4, 0.5) is 0 Å². The van der Waals surface area contributed by atoms with Gasteiger partial charge in [0.1, 0.15) is 0 Å². The molecule has 0 heterocycles. The fraction of sp³-hybridized carbons (Fsp3) is 0.923. The van der Waals surface area contributed by atoms with Gasteiger partial charge in [-0.25, -0.2) is 0 Å². The minimum atomic E-state index is -0.0775. The highest BCUT2D eigenvalue weighted by atomic mass is 16.5. The van der Waals surface area contributed by atoms with E-state index in [2.05, 4.69) is 20.8 Å². The van der Waals surface area contributed by atoms with Crippen LogP contribution in [0.15, 0.2) is 0 Å². The highest BCUT2D eigenvalue weighted by Gasteiger charge is 2.13. The average Bonchev–Trinajstić information content (AvgIpc) is 2.19. The van der Waals surface area contributed by atoms with Gasteiger partial charge in [0, 0.05) is 19.6 Å². The Labute approximate surface area is 99.5 Å². The first-order valence-corrected chi connectivity index (χ1v) is 6.19. The maximum atomic E-state index is 11.3. The van der Waals surface area contributed by atoms with Gasteiger partial charge >= 0.3 is 5.97 Å². The first-order valence-electron chi connectivity index (χ1n) is 6.19. The second kappa shape index (κ2) is 8.57. The number of ether oxygens (including phenoxy) is 2. The van der Waals surface area contributed by atoms with E-state index < -0.39 is 0 Å². The molecule has 96 valence electrons. The lowest BCUT2D eigenvalue weighted by Gasteiger charge is -2.17. The Balaban J connectivity index is 3.31. The normalized spacial score (nSPS) is 11.5. The van der Waals surface area contributed by atoms with E-state index in [1.54, 1.807) is 0 Å². The van der Waals surface area contributed by atoms with Gasteiger partial charge in [-0.1, -0.05) is 27.2 Å². The average molecular weight is 230 g/mol. The lowest BCUT2D eigenvalue weighted by atomic mass is 9.99. The number of esters is 1. The first kappa shape index (κ1) is 15.4. The zero-order valence-electron chi connectivity index (χ0n) is 11.2. The molecule has 0 N–H and O–H groups in total. The highest BCUT2D eigenvalue weighted by Crippen LogP contribution is 2.13. The van der Waals surface area contributed by atoms with E-state index in [4.69, 9.17) is 9.47 Å². The maximum Gasteiger partial charge on any atom is 0.305 e. The lowest BCUT2D eigenvalue weighted by molar-refractivity contribution is -0.146. The van der Waals surface area contributed by atoms with Crippen molar-refractivity contribution in [3.63, 3.8) is 0 Å². The summed E-state index contributed by atoms with van der Waals surface area (Å²) in [5, 5.41) is 0. The van der Waals surface area contributed by atoms with Crippen molar-refractivity contribution in [2.75, 3.05) is 19.8 Å². The third kappa shape index (κ3) is 11.5. The summed E-state index contributed by atoms with van der Waals surface area (Å²) in [7, 11) is 0. The monoisotopic (exact) mass is 230 g/mol. The second-order valence-corrected chi connectivity index (χ2v) is 5.23.